The quantitative estimate of drug-likeness (QED) is 0.389. The van der Waals surface area contributed by atoms with Gasteiger partial charge in [-0.2, -0.15) is 0 Å². The number of hydrogen-bond donors (Lipinski definition) is 0. The van der Waals surface area contributed by atoms with Crippen LogP contribution in [0, 0.1) is 0 Å². The van der Waals surface area contributed by atoms with Crippen molar-refractivity contribution in [2.24, 2.45) is 0 Å². The summed E-state index contributed by atoms with van der Waals surface area (Å²) < 4.78 is 0. The summed E-state index contributed by atoms with van der Waals surface area (Å²) in [5.74, 6) is 0.0839. The molecule has 0 saturated heterocycles. The molecule has 0 spiro atoms. The highest BCUT2D eigenvalue weighted by Gasteiger charge is 2.08. The zero-order valence-corrected chi connectivity index (χ0v) is 16.4. The highest BCUT2D eigenvalue weighted by molar-refractivity contribution is 5.95. The lowest BCUT2D eigenvalue weighted by Crippen LogP contribution is -1.91. The Morgan fingerprint density at radius 3 is 1.75 bits per heavy atom. The van der Waals surface area contributed by atoms with Crippen LogP contribution in [0.1, 0.15) is 41.5 Å². The molecule has 0 heterocycles. The van der Waals surface area contributed by atoms with Crippen LogP contribution in [0.4, 0.5) is 0 Å². The number of rotatable bonds is 5. The van der Waals surface area contributed by atoms with Gasteiger partial charge in [0.15, 0.2) is 5.78 Å². The van der Waals surface area contributed by atoms with Gasteiger partial charge >= 0.3 is 0 Å². The summed E-state index contributed by atoms with van der Waals surface area (Å²) in [7, 11) is 0. The summed E-state index contributed by atoms with van der Waals surface area (Å²) in [5.41, 5.74) is 4.38. The molecule has 24 heavy (non-hydrogen) atoms. The molecule has 0 amide bonds. The van der Waals surface area contributed by atoms with Gasteiger partial charge in [0.05, 0.1) is 0 Å². The van der Waals surface area contributed by atoms with Crippen LogP contribution >= 0.6 is 0 Å². The number of Topliss-reactive ketones (excluding diaryl/α,β-unsaturated/α-hetero) is 1. The first-order valence-corrected chi connectivity index (χ1v) is 8.12. The van der Waals surface area contributed by atoms with Gasteiger partial charge in [-0.25, -0.2) is 0 Å². The molecule has 132 valence electrons. The number of ketones is 1. The maximum absolute atomic E-state index is 10.7. The van der Waals surface area contributed by atoms with Crippen LogP contribution in [0.2, 0.25) is 0 Å². The van der Waals surface area contributed by atoms with Gasteiger partial charge in [0, 0.05) is 5.57 Å². The zero-order chi connectivity index (χ0) is 19.5. The zero-order valence-electron chi connectivity index (χ0n) is 16.4. The first-order chi connectivity index (χ1) is 11.4. The van der Waals surface area contributed by atoms with Gasteiger partial charge in [-0.15, -0.1) is 0 Å². The minimum atomic E-state index is 0.0839. The third kappa shape index (κ3) is 17.6. The lowest BCUT2D eigenvalue weighted by atomic mass is 10.1. The molecule has 1 heteroatoms. The fraction of sp³-hybridized carbons (Fsp3) is 0.261. The molecule has 0 bridgehead atoms. The minimum Gasteiger partial charge on any atom is -0.295 e. The van der Waals surface area contributed by atoms with E-state index >= 15 is 0 Å². The average molecular weight is 327 g/mol. The molecule has 0 unspecified atom stereocenters. The largest absolute Gasteiger partial charge is 0.295 e. The van der Waals surface area contributed by atoms with Crippen LogP contribution in [0.5, 0.6) is 0 Å². The molecule has 1 rings (SSSR count). The van der Waals surface area contributed by atoms with Crippen LogP contribution in [0.3, 0.4) is 0 Å². The highest BCUT2D eigenvalue weighted by Crippen LogP contribution is 2.27. The number of hydrogen-bond acceptors (Lipinski definition) is 1. The summed E-state index contributed by atoms with van der Waals surface area (Å²) in [6.07, 6.45) is 14.7. The van der Waals surface area contributed by atoms with Gasteiger partial charge in [0.1, 0.15) is 0 Å². The van der Waals surface area contributed by atoms with E-state index < -0.39 is 0 Å². The molecule has 0 fully saturated rings. The Kier molecular flexibility index (Phi) is 20.6. The molecular weight excluding hydrogens is 292 g/mol. The van der Waals surface area contributed by atoms with Crippen LogP contribution in [0.15, 0.2) is 97.2 Å². The summed E-state index contributed by atoms with van der Waals surface area (Å²) in [6, 6.07) is 0. The number of carbonyl (C=O) groups is 1. The van der Waals surface area contributed by atoms with E-state index in [0.29, 0.717) is 0 Å². The van der Waals surface area contributed by atoms with Crippen molar-refractivity contribution in [3.63, 3.8) is 0 Å². The lowest BCUT2D eigenvalue weighted by molar-refractivity contribution is -0.113. The maximum Gasteiger partial charge on any atom is 0.159 e. The number of carbonyl (C=O) groups excluding carboxylic acids is 1. The Balaban J connectivity index is -0.000000275. The Morgan fingerprint density at radius 1 is 1.08 bits per heavy atom. The van der Waals surface area contributed by atoms with Gasteiger partial charge in [-0.05, 0) is 44.9 Å². The van der Waals surface area contributed by atoms with Crippen molar-refractivity contribution in [2.75, 3.05) is 0 Å². The van der Waals surface area contributed by atoms with Crippen molar-refractivity contribution >= 4 is 5.78 Å². The third-order valence-electron chi connectivity index (χ3n) is 2.57. The van der Waals surface area contributed by atoms with Crippen molar-refractivity contribution in [3.8, 4) is 0 Å². The predicted octanol–water partition coefficient (Wildman–Crippen LogP) is 7.10. The first-order valence-electron chi connectivity index (χ1n) is 8.12. The number of allylic oxidation sites excluding steroid dienone is 12. The van der Waals surface area contributed by atoms with E-state index in [1.807, 2.05) is 40.7 Å². The van der Waals surface area contributed by atoms with Crippen molar-refractivity contribution in [1.29, 1.82) is 0 Å². The van der Waals surface area contributed by atoms with Crippen LogP contribution in [-0.2, 0) is 4.79 Å². The van der Waals surface area contributed by atoms with Gasteiger partial charge < -0.3 is 0 Å². The molecule has 0 aromatic heterocycles. The lowest BCUT2D eigenvalue weighted by Gasteiger charge is -1.90. The Hall–Kier alpha value is -2.41. The van der Waals surface area contributed by atoms with Crippen molar-refractivity contribution in [1.82, 2.24) is 0 Å². The Morgan fingerprint density at radius 2 is 1.58 bits per heavy atom. The minimum absolute atomic E-state index is 0.0839. The van der Waals surface area contributed by atoms with Gasteiger partial charge in [0.25, 0.3) is 0 Å². The molecule has 0 aromatic rings. The van der Waals surface area contributed by atoms with Crippen LogP contribution in [0.25, 0.3) is 0 Å². The van der Waals surface area contributed by atoms with E-state index in [0.717, 1.165) is 11.1 Å². The van der Waals surface area contributed by atoms with E-state index in [4.69, 9.17) is 0 Å². The summed E-state index contributed by atoms with van der Waals surface area (Å²) in [6.45, 7) is 25.5. The molecule has 0 aromatic carbocycles. The Labute approximate surface area is 149 Å². The molecule has 1 aliphatic rings. The average Bonchev–Trinajstić information content (AvgIpc) is 3.37. The van der Waals surface area contributed by atoms with E-state index in [2.05, 4.69) is 38.5 Å². The highest BCUT2D eigenvalue weighted by atomic mass is 16.1. The summed E-state index contributed by atoms with van der Waals surface area (Å²) in [4.78, 5) is 10.7. The fourth-order valence-corrected chi connectivity index (χ4v) is 1.15. The molecule has 0 saturated carbocycles. The van der Waals surface area contributed by atoms with Gasteiger partial charge in [-0.3, -0.25) is 4.79 Å². The van der Waals surface area contributed by atoms with E-state index in [9.17, 15) is 4.79 Å². The first kappa shape index (κ1) is 26.5. The SMILES string of the molecule is C=C/C=C\C(=C/C)C(C)=O.C=CC(=C)C.C=CC1=CC/1=C/C.CC. The topological polar surface area (TPSA) is 17.1 Å². The van der Waals surface area contributed by atoms with Gasteiger partial charge in [-0.1, -0.05) is 88.3 Å². The van der Waals surface area contributed by atoms with Crippen LogP contribution < -0.4 is 0 Å². The van der Waals surface area contributed by atoms with Gasteiger partial charge in [0.2, 0.25) is 0 Å². The van der Waals surface area contributed by atoms with Crippen LogP contribution in [-0.4, -0.2) is 5.78 Å². The predicted molar refractivity (Wildman–Crippen MR) is 112 cm³/mol. The molecular formula is C23H34O. The van der Waals surface area contributed by atoms with E-state index in [-0.39, 0.29) is 5.78 Å². The van der Waals surface area contributed by atoms with E-state index in [1.54, 1.807) is 37.3 Å². The van der Waals surface area contributed by atoms with Crippen molar-refractivity contribution < 1.29 is 4.79 Å². The molecule has 0 radical (unpaired) electrons. The molecule has 0 atom stereocenters. The smallest absolute Gasteiger partial charge is 0.159 e. The monoisotopic (exact) mass is 326 g/mol. The molecule has 0 aliphatic heterocycles. The fourth-order valence-electron chi connectivity index (χ4n) is 1.15. The second-order valence-corrected chi connectivity index (χ2v) is 4.49. The molecule has 1 nitrogen and oxygen atoms in total. The normalized spacial score (nSPS) is 13.0. The second-order valence-electron chi connectivity index (χ2n) is 4.49. The molecule has 0 N–H and O–H groups in total. The third-order valence-corrected chi connectivity index (χ3v) is 2.57. The van der Waals surface area contributed by atoms with Crippen molar-refractivity contribution in [2.45, 2.75) is 41.5 Å². The standard InChI is InChI=1S/C9H12O.C7H8.C5H8.C2H6/c1-4-6-7-9(5-2)8(3)10;1-3-6-5-7(6)4-2;1-4-5(2)3;1-2/h4-7H,1H2,2-3H3;3-5H,1H2,2H3;4H,1-2H2,3H3;1-2H3/b7-6-,9-5+;7-4-;;. The maximum atomic E-state index is 10.7. The van der Waals surface area contributed by atoms with Crippen molar-refractivity contribution in [3.05, 3.63) is 97.2 Å². The summed E-state index contributed by atoms with van der Waals surface area (Å²) in [5, 5.41) is 0. The Bertz CT molecular complexity index is 534. The second kappa shape index (κ2) is 18.6. The van der Waals surface area contributed by atoms with E-state index in [1.165, 1.54) is 11.1 Å². The summed E-state index contributed by atoms with van der Waals surface area (Å²) >= 11 is 0. The molecule has 1 aliphatic carbocycles.